The molecule has 2 heterocycles. The van der Waals surface area contributed by atoms with Crippen LogP contribution in [0.2, 0.25) is 0 Å². The van der Waals surface area contributed by atoms with Crippen molar-refractivity contribution in [3.63, 3.8) is 0 Å². The van der Waals surface area contributed by atoms with E-state index >= 15 is 0 Å². The Bertz CT molecular complexity index is 539. The third-order valence-electron chi connectivity index (χ3n) is 4.09. The summed E-state index contributed by atoms with van der Waals surface area (Å²) in [6.07, 6.45) is 4.41. The molecule has 0 aliphatic carbocycles. The monoisotopic (exact) mass is 316 g/mol. The van der Waals surface area contributed by atoms with Crippen LogP contribution in [0.4, 0.5) is 0 Å². The van der Waals surface area contributed by atoms with Crippen molar-refractivity contribution in [2.45, 2.75) is 32.2 Å². The quantitative estimate of drug-likeness (QED) is 0.907. The zero-order chi connectivity index (χ0) is 14.8. The molecule has 0 aromatic carbocycles. The number of piperidine rings is 1. The molecule has 1 aromatic heterocycles. The first-order valence-corrected chi connectivity index (χ1v) is 9.81. The molecule has 0 saturated carbocycles. The van der Waals surface area contributed by atoms with Crippen LogP contribution < -0.4 is 5.32 Å². The van der Waals surface area contributed by atoms with E-state index in [9.17, 15) is 8.42 Å². The first-order chi connectivity index (χ1) is 9.41. The predicted molar refractivity (Wildman–Crippen MR) is 84.6 cm³/mol. The largest absolute Gasteiger partial charge is 0.312 e. The third kappa shape index (κ3) is 3.81. The van der Waals surface area contributed by atoms with Gasteiger partial charge in [0.05, 0.1) is 6.26 Å². The van der Waals surface area contributed by atoms with Crippen LogP contribution in [0.25, 0.3) is 0 Å². The van der Waals surface area contributed by atoms with Gasteiger partial charge < -0.3 is 5.32 Å². The number of rotatable bonds is 5. The minimum Gasteiger partial charge on any atom is -0.312 e. The highest BCUT2D eigenvalue weighted by Crippen LogP contribution is 2.32. The molecule has 2 atom stereocenters. The Morgan fingerprint density at radius 2 is 2.30 bits per heavy atom. The predicted octanol–water partition coefficient (Wildman–Crippen LogP) is 2.38. The van der Waals surface area contributed by atoms with Crippen LogP contribution in [0.1, 0.15) is 35.7 Å². The van der Waals surface area contributed by atoms with Gasteiger partial charge in [-0.15, -0.1) is 11.3 Å². The van der Waals surface area contributed by atoms with E-state index in [-0.39, 0.29) is 0 Å². The van der Waals surface area contributed by atoms with Gasteiger partial charge in [-0.2, -0.15) is 0 Å². The number of aryl methyl sites for hydroxylation is 1. The summed E-state index contributed by atoms with van der Waals surface area (Å²) in [7, 11) is -1.06. The molecule has 1 saturated heterocycles. The van der Waals surface area contributed by atoms with Crippen LogP contribution in [-0.4, -0.2) is 39.1 Å². The van der Waals surface area contributed by atoms with E-state index in [1.165, 1.54) is 16.7 Å². The molecular formula is C14H24N2O2S2. The van der Waals surface area contributed by atoms with Gasteiger partial charge in [0.15, 0.2) is 0 Å². The van der Waals surface area contributed by atoms with E-state index in [1.807, 2.05) is 7.05 Å². The van der Waals surface area contributed by atoms with Crippen molar-refractivity contribution < 1.29 is 8.42 Å². The van der Waals surface area contributed by atoms with E-state index in [0.717, 1.165) is 19.3 Å². The molecule has 1 fully saturated rings. The summed E-state index contributed by atoms with van der Waals surface area (Å²) in [4.78, 5) is 1.38. The Kier molecular flexibility index (Phi) is 5.23. The summed E-state index contributed by atoms with van der Waals surface area (Å²) >= 11 is 1.78. The van der Waals surface area contributed by atoms with Crippen molar-refractivity contribution in [2.75, 3.05) is 26.4 Å². The number of thiophene rings is 1. The fourth-order valence-corrected chi connectivity index (χ4v) is 4.94. The summed E-state index contributed by atoms with van der Waals surface area (Å²) in [5.41, 5.74) is 1.32. The van der Waals surface area contributed by atoms with Gasteiger partial charge in [-0.05, 0) is 56.2 Å². The molecule has 1 aliphatic rings. The maximum Gasteiger partial charge on any atom is 0.211 e. The highest BCUT2D eigenvalue weighted by atomic mass is 32.2. The highest BCUT2D eigenvalue weighted by molar-refractivity contribution is 7.88. The second-order valence-corrected chi connectivity index (χ2v) is 8.60. The summed E-state index contributed by atoms with van der Waals surface area (Å²) in [6.45, 7) is 3.48. The zero-order valence-corrected chi connectivity index (χ0v) is 14.1. The minimum absolute atomic E-state index is 0.333. The number of nitrogens with zero attached hydrogens (tertiary/aromatic N) is 1. The van der Waals surface area contributed by atoms with E-state index in [4.69, 9.17) is 0 Å². The van der Waals surface area contributed by atoms with Gasteiger partial charge >= 0.3 is 0 Å². The molecule has 2 unspecified atom stereocenters. The Balaban J connectivity index is 2.03. The van der Waals surface area contributed by atoms with E-state index < -0.39 is 10.0 Å². The van der Waals surface area contributed by atoms with Gasteiger partial charge in [0.1, 0.15) is 0 Å². The average molecular weight is 316 g/mol. The van der Waals surface area contributed by atoms with Crippen LogP contribution in [0, 0.1) is 12.8 Å². The van der Waals surface area contributed by atoms with Gasteiger partial charge in [0.2, 0.25) is 10.0 Å². The average Bonchev–Trinajstić information content (AvgIpc) is 2.81. The number of hydrogen-bond donors (Lipinski definition) is 1. The third-order valence-corrected chi connectivity index (χ3v) is 6.49. The normalized spacial score (nSPS) is 22.9. The molecular weight excluding hydrogens is 292 g/mol. The van der Waals surface area contributed by atoms with Crippen molar-refractivity contribution in [3.05, 3.63) is 21.9 Å². The lowest BCUT2D eigenvalue weighted by molar-refractivity contribution is 0.241. The molecule has 1 aromatic rings. The lowest BCUT2D eigenvalue weighted by Crippen LogP contribution is -2.40. The van der Waals surface area contributed by atoms with Gasteiger partial charge in [-0.3, -0.25) is 0 Å². The van der Waals surface area contributed by atoms with Crippen LogP contribution in [0.15, 0.2) is 11.4 Å². The molecule has 0 amide bonds. The zero-order valence-electron chi connectivity index (χ0n) is 12.4. The first-order valence-electron chi connectivity index (χ1n) is 7.08. The van der Waals surface area contributed by atoms with Crippen molar-refractivity contribution >= 4 is 21.4 Å². The van der Waals surface area contributed by atoms with Crippen molar-refractivity contribution in [2.24, 2.45) is 5.92 Å². The number of hydrogen-bond acceptors (Lipinski definition) is 4. The molecule has 114 valence electrons. The lowest BCUT2D eigenvalue weighted by atomic mass is 9.91. The van der Waals surface area contributed by atoms with Crippen molar-refractivity contribution in [1.82, 2.24) is 9.62 Å². The molecule has 6 heteroatoms. The second kappa shape index (κ2) is 6.56. The van der Waals surface area contributed by atoms with Gasteiger partial charge in [0.25, 0.3) is 0 Å². The van der Waals surface area contributed by atoms with Crippen LogP contribution >= 0.6 is 11.3 Å². The fourth-order valence-electron chi connectivity index (χ4n) is 2.95. The Morgan fingerprint density at radius 1 is 1.55 bits per heavy atom. The molecule has 0 bridgehead atoms. The van der Waals surface area contributed by atoms with Crippen molar-refractivity contribution in [1.29, 1.82) is 0 Å². The van der Waals surface area contributed by atoms with E-state index in [2.05, 4.69) is 23.7 Å². The van der Waals surface area contributed by atoms with Gasteiger partial charge in [-0.25, -0.2) is 12.7 Å². The fraction of sp³-hybridized carbons (Fsp3) is 0.714. The summed E-state index contributed by atoms with van der Waals surface area (Å²) in [5, 5.41) is 5.51. The van der Waals surface area contributed by atoms with Gasteiger partial charge in [-0.1, -0.05) is 0 Å². The molecule has 4 nitrogen and oxygen atoms in total. The smallest absolute Gasteiger partial charge is 0.211 e. The first kappa shape index (κ1) is 15.9. The summed E-state index contributed by atoms with van der Waals surface area (Å²) in [6, 6.07) is 2.48. The molecule has 1 aliphatic heterocycles. The number of sulfonamides is 1. The van der Waals surface area contributed by atoms with Crippen LogP contribution in [0.5, 0.6) is 0 Å². The molecule has 0 spiro atoms. The Hall–Kier alpha value is -0.430. The molecule has 2 rings (SSSR count). The highest BCUT2D eigenvalue weighted by Gasteiger charge is 2.28. The van der Waals surface area contributed by atoms with E-state index in [0.29, 0.717) is 25.0 Å². The minimum atomic E-state index is -3.05. The second-order valence-electron chi connectivity index (χ2n) is 5.67. The molecule has 20 heavy (non-hydrogen) atoms. The molecule has 0 radical (unpaired) electrons. The maximum absolute atomic E-state index is 11.7. The topological polar surface area (TPSA) is 49.4 Å². The Labute approximate surface area is 126 Å². The van der Waals surface area contributed by atoms with Crippen LogP contribution in [-0.2, 0) is 10.0 Å². The van der Waals surface area contributed by atoms with Crippen molar-refractivity contribution in [3.8, 4) is 0 Å². The SMILES string of the molecule is CNC(CC1CCCN(S(C)(=O)=O)C1)c1sccc1C. The maximum atomic E-state index is 11.7. The summed E-state index contributed by atoms with van der Waals surface area (Å²) < 4.78 is 25.0. The van der Waals surface area contributed by atoms with Crippen LogP contribution in [0.3, 0.4) is 0 Å². The Morgan fingerprint density at radius 3 is 2.85 bits per heavy atom. The number of nitrogens with one attached hydrogen (secondary N) is 1. The van der Waals surface area contributed by atoms with E-state index in [1.54, 1.807) is 15.6 Å². The summed E-state index contributed by atoms with van der Waals surface area (Å²) in [5.74, 6) is 0.442. The van der Waals surface area contributed by atoms with Gasteiger partial charge in [0, 0.05) is 24.0 Å². The standard InChI is InChI=1S/C14H24N2O2S2/c1-11-6-8-19-14(11)13(15-2)9-12-5-4-7-16(10-12)20(3,17)18/h6,8,12-13,15H,4-5,7,9-10H2,1-3H3. The molecule has 1 N–H and O–H groups in total. The lowest BCUT2D eigenvalue weighted by Gasteiger charge is -2.33.